The molecular formula is C18H22N2O. The second-order valence-electron chi connectivity index (χ2n) is 4.77. The number of pyridine rings is 1. The third kappa shape index (κ3) is 4.43. The van der Waals surface area contributed by atoms with Gasteiger partial charge in [0.15, 0.2) is 0 Å². The van der Waals surface area contributed by atoms with Crippen molar-refractivity contribution in [3.8, 4) is 5.75 Å². The van der Waals surface area contributed by atoms with Crippen molar-refractivity contribution in [2.24, 2.45) is 0 Å². The topological polar surface area (TPSA) is 34.1 Å². The average Bonchev–Trinajstić information content (AvgIpc) is 2.54. The lowest BCUT2D eigenvalue weighted by atomic mass is 10.1. The predicted octanol–water partition coefficient (Wildman–Crippen LogP) is 3.50. The van der Waals surface area contributed by atoms with Gasteiger partial charge in [-0.1, -0.05) is 43.8 Å². The first-order valence-electron chi connectivity index (χ1n) is 7.30. The van der Waals surface area contributed by atoms with Crippen molar-refractivity contribution in [3.63, 3.8) is 0 Å². The summed E-state index contributed by atoms with van der Waals surface area (Å²) in [5.41, 5.74) is 3.55. The molecule has 0 unspecified atom stereocenters. The van der Waals surface area contributed by atoms with Crippen molar-refractivity contribution >= 4 is 0 Å². The van der Waals surface area contributed by atoms with Gasteiger partial charge in [-0.2, -0.15) is 0 Å². The molecule has 0 saturated heterocycles. The van der Waals surface area contributed by atoms with Crippen LogP contribution in [0.5, 0.6) is 5.75 Å². The van der Waals surface area contributed by atoms with Crippen LogP contribution in [0.2, 0.25) is 0 Å². The molecule has 1 aromatic heterocycles. The Kier molecular flexibility index (Phi) is 5.98. The number of para-hydroxylation sites is 1. The fraction of sp³-hybridized carbons (Fsp3) is 0.278. The first kappa shape index (κ1) is 15.3. The number of hydrogen-bond acceptors (Lipinski definition) is 3. The minimum absolute atomic E-state index is 0.525. The van der Waals surface area contributed by atoms with Crippen molar-refractivity contribution in [2.75, 3.05) is 6.61 Å². The van der Waals surface area contributed by atoms with Gasteiger partial charge in [-0.3, -0.25) is 4.98 Å². The summed E-state index contributed by atoms with van der Waals surface area (Å²) in [6.07, 6.45) is 4.60. The van der Waals surface area contributed by atoms with Crippen LogP contribution < -0.4 is 10.1 Å². The monoisotopic (exact) mass is 282 g/mol. The number of nitrogens with zero attached hydrogens (tertiary/aromatic N) is 1. The number of hydrogen-bond donors (Lipinski definition) is 1. The molecule has 0 radical (unpaired) electrons. The SMILES string of the molecule is C=CCOc1ccccc1CNCc1ncccc1CC. The minimum atomic E-state index is 0.525. The molecule has 0 aliphatic heterocycles. The molecule has 0 aliphatic rings. The van der Waals surface area contributed by atoms with Gasteiger partial charge < -0.3 is 10.1 Å². The van der Waals surface area contributed by atoms with Gasteiger partial charge in [0.1, 0.15) is 12.4 Å². The summed E-state index contributed by atoms with van der Waals surface area (Å²) >= 11 is 0. The highest BCUT2D eigenvalue weighted by atomic mass is 16.5. The maximum Gasteiger partial charge on any atom is 0.124 e. The van der Waals surface area contributed by atoms with Gasteiger partial charge in [0.25, 0.3) is 0 Å². The maximum absolute atomic E-state index is 5.66. The summed E-state index contributed by atoms with van der Waals surface area (Å²) in [4.78, 5) is 4.45. The number of aryl methyl sites for hydroxylation is 1. The minimum Gasteiger partial charge on any atom is -0.489 e. The molecule has 1 heterocycles. The fourth-order valence-corrected chi connectivity index (χ4v) is 2.21. The van der Waals surface area contributed by atoms with E-state index < -0.39 is 0 Å². The van der Waals surface area contributed by atoms with Crippen molar-refractivity contribution < 1.29 is 4.74 Å². The van der Waals surface area contributed by atoms with Crippen molar-refractivity contribution in [3.05, 3.63) is 72.1 Å². The molecule has 21 heavy (non-hydrogen) atoms. The van der Waals surface area contributed by atoms with E-state index in [0.717, 1.165) is 36.5 Å². The summed E-state index contributed by atoms with van der Waals surface area (Å²) in [6.45, 7) is 7.87. The van der Waals surface area contributed by atoms with Crippen LogP contribution in [0.3, 0.4) is 0 Å². The highest BCUT2D eigenvalue weighted by Crippen LogP contribution is 2.18. The first-order chi connectivity index (χ1) is 10.3. The van der Waals surface area contributed by atoms with Crippen molar-refractivity contribution in [1.82, 2.24) is 10.3 Å². The second-order valence-corrected chi connectivity index (χ2v) is 4.77. The summed E-state index contributed by atoms with van der Waals surface area (Å²) in [6, 6.07) is 12.2. The van der Waals surface area contributed by atoms with Gasteiger partial charge in [0, 0.05) is 24.8 Å². The molecule has 0 spiro atoms. The lowest BCUT2D eigenvalue weighted by molar-refractivity contribution is 0.358. The van der Waals surface area contributed by atoms with Gasteiger partial charge in [0.05, 0.1) is 5.69 Å². The molecule has 1 aromatic carbocycles. The average molecular weight is 282 g/mol. The molecule has 0 fully saturated rings. The van der Waals surface area contributed by atoms with Gasteiger partial charge in [-0.05, 0) is 24.1 Å². The largest absolute Gasteiger partial charge is 0.489 e. The van der Waals surface area contributed by atoms with Crippen LogP contribution in [0.4, 0.5) is 0 Å². The Balaban J connectivity index is 1.95. The number of ether oxygens (including phenoxy) is 1. The number of benzene rings is 1. The lowest BCUT2D eigenvalue weighted by Gasteiger charge is -2.12. The van der Waals surface area contributed by atoms with Crippen LogP contribution in [-0.4, -0.2) is 11.6 Å². The molecule has 0 saturated carbocycles. The van der Waals surface area contributed by atoms with Crippen LogP contribution in [0, 0.1) is 0 Å². The predicted molar refractivity (Wildman–Crippen MR) is 86.3 cm³/mol. The molecule has 2 aromatic rings. The molecular weight excluding hydrogens is 260 g/mol. The molecule has 2 rings (SSSR count). The fourth-order valence-electron chi connectivity index (χ4n) is 2.21. The van der Waals surface area contributed by atoms with Crippen molar-refractivity contribution in [2.45, 2.75) is 26.4 Å². The Morgan fingerprint density at radius 2 is 1.95 bits per heavy atom. The lowest BCUT2D eigenvalue weighted by Crippen LogP contribution is -2.15. The van der Waals surface area contributed by atoms with E-state index in [9.17, 15) is 0 Å². The normalized spacial score (nSPS) is 10.3. The summed E-state index contributed by atoms with van der Waals surface area (Å²) in [5, 5.41) is 3.44. The van der Waals surface area contributed by atoms with Crippen LogP contribution >= 0.6 is 0 Å². The van der Waals surface area contributed by atoms with E-state index in [2.05, 4.69) is 35.9 Å². The molecule has 0 aliphatic carbocycles. The zero-order valence-corrected chi connectivity index (χ0v) is 12.5. The Morgan fingerprint density at radius 3 is 2.76 bits per heavy atom. The number of aromatic nitrogens is 1. The molecule has 110 valence electrons. The van der Waals surface area contributed by atoms with Crippen LogP contribution in [0.15, 0.2) is 55.3 Å². The Morgan fingerprint density at radius 1 is 1.14 bits per heavy atom. The zero-order valence-electron chi connectivity index (χ0n) is 12.5. The molecule has 0 amide bonds. The third-order valence-electron chi connectivity index (χ3n) is 3.30. The smallest absolute Gasteiger partial charge is 0.124 e. The van der Waals surface area contributed by atoms with Gasteiger partial charge >= 0.3 is 0 Å². The first-order valence-corrected chi connectivity index (χ1v) is 7.30. The standard InChI is InChI=1S/C18H22N2O/c1-3-12-21-18-10-6-5-8-16(18)13-19-14-17-15(4-2)9-7-11-20-17/h3,5-11,19H,1,4,12-14H2,2H3. The van der Waals surface area contributed by atoms with E-state index in [4.69, 9.17) is 4.74 Å². The quantitative estimate of drug-likeness (QED) is 0.752. The van der Waals surface area contributed by atoms with Crippen LogP contribution in [-0.2, 0) is 19.5 Å². The van der Waals surface area contributed by atoms with Crippen LogP contribution in [0.25, 0.3) is 0 Å². The second kappa shape index (κ2) is 8.22. The van der Waals surface area contributed by atoms with Crippen LogP contribution in [0.1, 0.15) is 23.7 Å². The van der Waals surface area contributed by atoms with E-state index >= 15 is 0 Å². The molecule has 3 heteroatoms. The molecule has 0 bridgehead atoms. The maximum atomic E-state index is 5.66. The van der Waals surface area contributed by atoms with Gasteiger partial charge in [0.2, 0.25) is 0 Å². The molecule has 3 nitrogen and oxygen atoms in total. The van der Waals surface area contributed by atoms with Gasteiger partial charge in [-0.25, -0.2) is 0 Å². The summed E-state index contributed by atoms with van der Waals surface area (Å²) < 4.78 is 5.66. The highest BCUT2D eigenvalue weighted by Gasteiger charge is 2.04. The highest BCUT2D eigenvalue weighted by molar-refractivity contribution is 5.33. The van der Waals surface area contributed by atoms with E-state index in [0.29, 0.717) is 6.61 Å². The van der Waals surface area contributed by atoms with E-state index in [1.807, 2.05) is 30.5 Å². The number of rotatable bonds is 8. The summed E-state index contributed by atoms with van der Waals surface area (Å²) in [7, 11) is 0. The third-order valence-corrected chi connectivity index (χ3v) is 3.30. The zero-order chi connectivity index (χ0) is 14.9. The van der Waals surface area contributed by atoms with E-state index in [-0.39, 0.29) is 0 Å². The molecule has 1 N–H and O–H groups in total. The van der Waals surface area contributed by atoms with E-state index in [1.165, 1.54) is 5.56 Å². The Labute approximate surface area is 126 Å². The summed E-state index contributed by atoms with van der Waals surface area (Å²) in [5.74, 6) is 0.904. The van der Waals surface area contributed by atoms with Gasteiger partial charge in [-0.15, -0.1) is 0 Å². The van der Waals surface area contributed by atoms with E-state index in [1.54, 1.807) is 6.08 Å². The Bertz CT molecular complexity index is 581. The van der Waals surface area contributed by atoms with Crippen molar-refractivity contribution in [1.29, 1.82) is 0 Å². The number of nitrogens with one attached hydrogen (secondary N) is 1. The Hall–Kier alpha value is -2.13. The molecule has 0 atom stereocenters.